The van der Waals surface area contributed by atoms with Crippen molar-refractivity contribution in [3.63, 3.8) is 0 Å². The highest BCUT2D eigenvalue weighted by Crippen LogP contribution is 2.29. The molecule has 0 unspecified atom stereocenters. The number of anilines is 1. The highest BCUT2D eigenvalue weighted by atomic mass is 35.5. The van der Waals surface area contributed by atoms with Gasteiger partial charge in [-0.25, -0.2) is 22.5 Å². The first kappa shape index (κ1) is 19.4. The van der Waals surface area contributed by atoms with E-state index in [0.29, 0.717) is 10.2 Å². The molecular weight excluding hydrogens is 413 g/mol. The molecule has 1 amide bonds. The summed E-state index contributed by atoms with van der Waals surface area (Å²) in [5.74, 6) is -1.49. The van der Waals surface area contributed by atoms with Gasteiger partial charge in [-0.1, -0.05) is 35.1 Å². The van der Waals surface area contributed by atoms with Crippen LogP contribution in [-0.2, 0) is 10.0 Å². The first-order valence-electron chi connectivity index (χ1n) is 7.58. The van der Waals surface area contributed by atoms with Gasteiger partial charge in [0.2, 0.25) is 10.0 Å². The van der Waals surface area contributed by atoms with Crippen LogP contribution in [0.15, 0.2) is 53.9 Å². The van der Waals surface area contributed by atoms with E-state index in [0.717, 1.165) is 17.4 Å². The Labute approximate surface area is 163 Å². The Balaban J connectivity index is 1.89. The monoisotopic (exact) mass is 425 g/mol. The summed E-state index contributed by atoms with van der Waals surface area (Å²) in [4.78, 5) is 16.6. The van der Waals surface area contributed by atoms with E-state index in [-0.39, 0.29) is 27.2 Å². The van der Waals surface area contributed by atoms with Gasteiger partial charge < -0.3 is 0 Å². The Hall–Kier alpha value is -2.33. The number of benzene rings is 2. The molecule has 0 aliphatic heterocycles. The topological polar surface area (TPSA) is 88.2 Å². The molecule has 0 atom stereocenters. The third-order valence-corrected chi connectivity index (χ3v) is 6.17. The van der Waals surface area contributed by atoms with Crippen molar-refractivity contribution in [3.05, 3.63) is 65.5 Å². The lowest BCUT2D eigenvalue weighted by atomic mass is 10.2. The second-order valence-electron chi connectivity index (χ2n) is 5.34. The van der Waals surface area contributed by atoms with Crippen molar-refractivity contribution in [3.8, 4) is 0 Å². The highest BCUT2D eigenvalue weighted by Gasteiger charge is 2.19. The zero-order valence-corrected chi connectivity index (χ0v) is 16.1. The number of nitrogens with zero attached hydrogens (tertiary/aromatic N) is 1. The van der Waals surface area contributed by atoms with Gasteiger partial charge in [-0.3, -0.25) is 10.1 Å². The molecule has 0 saturated heterocycles. The minimum atomic E-state index is -3.68. The molecular formula is C17H13ClFN3O3S2. The van der Waals surface area contributed by atoms with E-state index in [9.17, 15) is 17.6 Å². The van der Waals surface area contributed by atoms with Crippen molar-refractivity contribution in [1.29, 1.82) is 0 Å². The van der Waals surface area contributed by atoms with Crippen LogP contribution in [0.5, 0.6) is 0 Å². The number of thiazole rings is 1. The number of sulfonamides is 1. The Kier molecular flexibility index (Phi) is 5.56. The molecule has 0 saturated carbocycles. The predicted octanol–water partition coefficient (Wildman–Crippen LogP) is 3.81. The molecule has 6 nitrogen and oxygen atoms in total. The summed E-state index contributed by atoms with van der Waals surface area (Å²) >= 11 is 6.95. The number of carbonyl (C=O) groups excluding carboxylic acids is 1. The molecule has 0 radical (unpaired) electrons. The molecule has 27 heavy (non-hydrogen) atoms. The van der Waals surface area contributed by atoms with Gasteiger partial charge in [-0.15, -0.1) is 6.58 Å². The number of carbonyl (C=O) groups is 1. The summed E-state index contributed by atoms with van der Waals surface area (Å²) in [6.07, 6.45) is 1.43. The zero-order valence-electron chi connectivity index (χ0n) is 13.7. The van der Waals surface area contributed by atoms with Gasteiger partial charge in [0.15, 0.2) is 5.13 Å². The van der Waals surface area contributed by atoms with E-state index < -0.39 is 21.7 Å². The van der Waals surface area contributed by atoms with Crippen LogP contribution in [0.25, 0.3) is 10.2 Å². The molecule has 10 heteroatoms. The molecule has 0 fully saturated rings. The first-order valence-corrected chi connectivity index (χ1v) is 10.3. The molecule has 1 heterocycles. The second-order valence-corrected chi connectivity index (χ2v) is 8.54. The average Bonchev–Trinajstić information content (AvgIpc) is 3.01. The van der Waals surface area contributed by atoms with Gasteiger partial charge in [0.25, 0.3) is 5.91 Å². The largest absolute Gasteiger partial charge is 0.298 e. The lowest BCUT2D eigenvalue weighted by Gasteiger charge is -2.04. The van der Waals surface area contributed by atoms with E-state index in [1.165, 1.54) is 36.4 Å². The normalized spacial score (nSPS) is 11.5. The third-order valence-electron chi connectivity index (χ3n) is 3.50. The van der Waals surface area contributed by atoms with Crippen LogP contribution in [-0.4, -0.2) is 25.9 Å². The zero-order chi connectivity index (χ0) is 19.6. The number of hydrogen-bond acceptors (Lipinski definition) is 5. The summed E-state index contributed by atoms with van der Waals surface area (Å²) in [7, 11) is -3.68. The highest BCUT2D eigenvalue weighted by molar-refractivity contribution is 7.89. The quantitative estimate of drug-likeness (QED) is 0.588. The Morgan fingerprint density at radius 3 is 2.81 bits per heavy atom. The molecule has 2 N–H and O–H groups in total. The van der Waals surface area contributed by atoms with Crippen molar-refractivity contribution >= 4 is 54.2 Å². The van der Waals surface area contributed by atoms with Crippen molar-refractivity contribution in [2.45, 2.75) is 4.90 Å². The van der Waals surface area contributed by atoms with Crippen molar-refractivity contribution in [1.82, 2.24) is 9.71 Å². The number of aromatic nitrogens is 1. The number of halogens is 2. The number of rotatable bonds is 6. The van der Waals surface area contributed by atoms with Crippen LogP contribution in [0.1, 0.15) is 10.4 Å². The van der Waals surface area contributed by atoms with Crippen LogP contribution in [0, 0.1) is 5.82 Å². The van der Waals surface area contributed by atoms with E-state index >= 15 is 0 Å². The fraction of sp³-hybridized carbons (Fsp3) is 0.0588. The smallest absolute Gasteiger partial charge is 0.261 e. The average molecular weight is 426 g/mol. The van der Waals surface area contributed by atoms with Crippen molar-refractivity contribution in [2.75, 3.05) is 11.9 Å². The van der Waals surface area contributed by atoms with Gasteiger partial charge in [0, 0.05) is 6.54 Å². The van der Waals surface area contributed by atoms with Gasteiger partial charge in [-0.2, -0.15) is 0 Å². The first-order chi connectivity index (χ1) is 12.8. The van der Waals surface area contributed by atoms with Crippen LogP contribution < -0.4 is 10.0 Å². The van der Waals surface area contributed by atoms with E-state index in [2.05, 4.69) is 21.6 Å². The Bertz CT molecular complexity index is 1130. The van der Waals surface area contributed by atoms with Gasteiger partial charge in [-0.05, 0) is 30.3 Å². The second kappa shape index (κ2) is 7.73. The summed E-state index contributed by atoms with van der Waals surface area (Å²) < 4.78 is 41.1. The van der Waals surface area contributed by atoms with Crippen LogP contribution in [0.3, 0.4) is 0 Å². The minimum Gasteiger partial charge on any atom is -0.298 e. The molecule has 0 aliphatic rings. The Morgan fingerprint density at radius 1 is 1.33 bits per heavy atom. The molecule has 2 aromatic carbocycles. The Morgan fingerprint density at radius 2 is 2.11 bits per heavy atom. The maximum absolute atomic E-state index is 13.9. The lowest BCUT2D eigenvalue weighted by molar-refractivity contribution is 0.102. The van der Waals surface area contributed by atoms with Crippen LogP contribution >= 0.6 is 22.9 Å². The van der Waals surface area contributed by atoms with Crippen molar-refractivity contribution < 1.29 is 17.6 Å². The number of fused-ring (bicyclic) bond motifs is 1. The summed E-state index contributed by atoms with van der Waals surface area (Å²) in [5.41, 5.74) is 0.216. The van der Waals surface area contributed by atoms with Gasteiger partial charge >= 0.3 is 0 Å². The fourth-order valence-electron chi connectivity index (χ4n) is 2.25. The van der Waals surface area contributed by atoms with E-state index in [1.807, 2.05) is 0 Å². The summed E-state index contributed by atoms with van der Waals surface area (Å²) in [6.45, 7) is 3.57. The molecule has 0 bridgehead atoms. The molecule has 0 aliphatic carbocycles. The number of nitrogens with one attached hydrogen (secondary N) is 2. The standard InChI is InChI=1S/C17H13ClFN3O3S2/c1-2-8-20-27(24,25)10-6-7-13-14(9-10)26-17(21-13)22-16(23)15-11(18)4-3-5-12(15)19/h2-7,9,20H,1,8H2,(H,21,22,23). The van der Waals surface area contributed by atoms with Crippen LogP contribution in [0.2, 0.25) is 5.02 Å². The molecule has 1 aromatic heterocycles. The van der Waals surface area contributed by atoms with Crippen molar-refractivity contribution in [2.24, 2.45) is 0 Å². The lowest BCUT2D eigenvalue weighted by Crippen LogP contribution is -2.23. The van der Waals surface area contributed by atoms with Gasteiger partial charge in [0.1, 0.15) is 5.82 Å². The predicted molar refractivity (Wildman–Crippen MR) is 104 cm³/mol. The van der Waals surface area contributed by atoms with E-state index in [4.69, 9.17) is 11.6 Å². The molecule has 3 rings (SSSR count). The number of amides is 1. The summed E-state index contributed by atoms with van der Waals surface area (Å²) in [6, 6.07) is 8.32. The minimum absolute atomic E-state index is 0.0183. The van der Waals surface area contributed by atoms with Crippen LogP contribution in [0.4, 0.5) is 9.52 Å². The summed E-state index contributed by atoms with van der Waals surface area (Å²) in [5, 5.41) is 2.67. The number of hydrogen-bond donors (Lipinski definition) is 2. The third kappa shape index (κ3) is 4.16. The van der Waals surface area contributed by atoms with Gasteiger partial charge in [0.05, 0.1) is 25.7 Å². The maximum Gasteiger partial charge on any atom is 0.261 e. The molecule has 0 spiro atoms. The maximum atomic E-state index is 13.9. The SMILES string of the molecule is C=CCNS(=O)(=O)c1ccc2nc(NC(=O)c3c(F)cccc3Cl)sc2c1. The molecule has 140 valence electrons. The molecule has 3 aromatic rings. The fourth-order valence-corrected chi connectivity index (χ4v) is 4.50. The van der Waals surface area contributed by atoms with E-state index in [1.54, 1.807) is 0 Å².